The molecule has 2 aliphatic heterocycles. The van der Waals surface area contributed by atoms with Gasteiger partial charge < -0.3 is 25.2 Å². The Bertz CT molecular complexity index is 933. The molecular weight excluding hydrogens is 425 g/mol. The molecule has 31 heavy (non-hydrogen) atoms. The van der Waals surface area contributed by atoms with Gasteiger partial charge in [-0.1, -0.05) is 6.07 Å². The maximum atomic E-state index is 14.9. The highest BCUT2D eigenvalue weighted by Gasteiger charge is 2.35. The fourth-order valence-electron chi connectivity index (χ4n) is 4.22. The molecule has 3 N–H and O–H groups in total. The number of carbonyl (C=O) groups is 1. The molecule has 9 heteroatoms. The van der Waals surface area contributed by atoms with Gasteiger partial charge in [-0.05, 0) is 31.4 Å². The van der Waals surface area contributed by atoms with Crippen molar-refractivity contribution >= 4 is 24.0 Å². The van der Waals surface area contributed by atoms with Gasteiger partial charge in [0.2, 0.25) is 11.8 Å². The summed E-state index contributed by atoms with van der Waals surface area (Å²) >= 11 is 0. The number of fused-ring (bicyclic) bond motifs is 1. The molecule has 1 aromatic heterocycles. The van der Waals surface area contributed by atoms with E-state index in [1.165, 1.54) is 6.07 Å². The molecule has 0 radical (unpaired) electrons. The van der Waals surface area contributed by atoms with Crippen LogP contribution in [-0.2, 0) is 16.8 Å². The van der Waals surface area contributed by atoms with E-state index in [9.17, 15) is 19.4 Å². The first-order valence-corrected chi connectivity index (χ1v) is 10.1. The van der Waals surface area contributed by atoms with Gasteiger partial charge in [0.05, 0.1) is 18.8 Å². The Kier molecular flexibility index (Phi) is 7.16. The second-order valence-corrected chi connectivity index (χ2v) is 7.98. The summed E-state index contributed by atoms with van der Waals surface area (Å²) in [6.07, 6.45) is 2.21. The lowest BCUT2D eigenvalue weighted by molar-refractivity contribution is -0.116. The minimum atomic E-state index is -0.984. The number of nitrogens with zero attached hydrogens (tertiary/aromatic N) is 2. The number of rotatable bonds is 5. The van der Waals surface area contributed by atoms with E-state index in [-0.39, 0.29) is 36.8 Å². The van der Waals surface area contributed by atoms with Crippen molar-refractivity contribution in [3.63, 3.8) is 0 Å². The van der Waals surface area contributed by atoms with Crippen molar-refractivity contribution in [1.82, 2.24) is 9.88 Å². The van der Waals surface area contributed by atoms with Crippen LogP contribution in [-0.4, -0.2) is 52.7 Å². The highest BCUT2D eigenvalue weighted by atomic mass is 35.5. The third-order valence-electron chi connectivity index (χ3n) is 6.11. The van der Waals surface area contributed by atoms with Gasteiger partial charge >= 0.3 is 0 Å². The zero-order valence-corrected chi connectivity index (χ0v) is 18.1. The number of likely N-dealkylation sites (tertiary alicyclic amines) is 1. The molecule has 4 rings (SSSR count). The van der Waals surface area contributed by atoms with Crippen LogP contribution < -0.4 is 10.1 Å². The second-order valence-electron chi connectivity index (χ2n) is 7.98. The molecule has 0 aliphatic carbocycles. The van der Waals surface area contributed by atoms with E-state index in [0.717, 1.165) is 5.56 Å². The van der Waals surface area contributed by atoms with Gasteiger partial charge in [0.15, 0.2) is 0 Å². The molecule has 1 unspecified atom stereocenters. The van der Waals surface area contributed by atoms with Crippen LogP contribution in [0.1, 0.15) is 42.1 Å². The largest absolute Gasteiger partial charge is 0.481 e. The van der Waals surface area contributed by atoms with Crippen molar-refractivity contribution in [1.29, 1.82) is 0 Å². The van der Waals surface area contributed by atoms with Crippen LogP contribution in [0.15, 0.2) is 30.5 Å². The summed E-state index contributed by atoms with van der Waals surface area (Å²) in [7, 11) is 1.54. The summed E-state index contributed by atoms with van der Waals surface area (Å²) in [5.74, 6) is -0.0737. The maximum Gasteiger partial charge on any atom is 0.224 e. The summed E-state index contributed by atoms with van der Waals surface area (Å²) < 4.78 is 20.0. The van der Waals surface area contributed by atoms with Gasteiger partial charge in [-0.3, -0.25) is 4.79 Å². The van der Waals surface area contributed by atoms with Crippen molar-refractivity contribution < 1.29 is 24.1 Å². The molecule has 168 valence electrons. The molecule has 1 atom stereocenters. The zero-order valence-electron chi connectivity index (χ0n) is 17.3. The number of piperidine rings is 1. The Morgan fingerprint density at radius 1 is 1.26 bits per heavy atom. The summed E-state index contributed by atoms with van der Waals surface area (Å²) in [4.78, 5) is 17.7. The number of ether oxygens (including phenoxy) is 1. The summed E-state index contributed by atoms with van der Waals surface area (Å²) in [5.41, 5.74) is 0.939. The van der Waals surface area contributed by atoms with E-state index in [2.05, 4.69) is 10.3 Å². The Balaban J connectivity index is 0.00000272. The van der Waals surface area contributed by atoms with Crippen molar-refractivity contribution in [3.05, 3.63) is 53.0 Å². The van der Waals surface area contributed by atoms with Crippen molar-refractivity contribution in [2.24, 2.45) is 0 Å². The lowest BCUT2D eigenvalue weighted by Crippen LogP contribution is -2.44. The summed E-state index contributed by atoms with van der Waals surface area (Å²) in [6, 6.07) is 6.73. The monoisotopic (exact) mass is 451 g/mol. The number of methoxy groups -OCH3 is 1. The number of hydrogen-bond donors (Lipinski definition) is 3. The smallest absolute Gasteiger partial charge is 0.224 e. The number of pyridine rings is 1. The van der Waals surface area contributed by atoms with Gasteiger partial charge in [0.1, 0.15) is 5.82 Å². The molecule has 0 spiro atoms. The molecule has 1 amide bonds. The van der Waals surface area contributed by atoms with E-state index in [1.54, 1.807) is 25.4 Å². The lowest BCUT2D eigenvalue weighted by Gasteiger charge is -2.39. The molecular formula is C22H27ClFN3O4. The van der Waals surface area contributed by atoms with Crippen LogP contribution in [0.4, 0.5) is 10.1 Å². The molecule has 3 heterocycles. The average molecular weight is 452 g/mol. The number of β-amino-alcohol motifs (C(OH)–C–C–N with tert-alkyl or cyclic N) is 1. The Hall–Kier alpha value is -2.26. The second kappa shape index (κ2) is 9.48. The quantitative estimate of drug-likeness (QED) is 0.646. The van der Waals surface area contributed by atoms with E-state index in [1.807, 2.05) is 11.0 Å². The van der Waals surface area contributed by atoms with Crippen LogP contribution >= 0.6 is 12.4 Å². The lowest BCUT2D eigenvalue weighted by atomic mass is 9.85. The highest BCUT2D eigenvalue weighted by molar-refractivity contribution is 5.94. The fraction of sp³-hybridized carbons (Fsp3) is 0.455. The molecule has 2 aromatic rings. The van der Waals surface area contributed by atoms with Crippen molar-refractivity contribution in [2.75, 3.05) is 32.1 Å². The molecule has 0 bridgehead atoms. The number of nitrogens with one attached hydrogen (secondary N) is 1. The van der Waals surface area contributed by atoms with Gasteiger partial charge in [-0.2, -0.15) is 0 Å². The van der Waals surface area contributed by atoms with E-state index < -0.39 is 17.5 Å². The SMILES string of the molecule is COc1ccc(C2(O)CCN(CC(O)c3ccc4c(c3F)CCC(=O)N4)CC2)cn1.Cl. The Morgan fingerprint density at radius 3 is 2.65 bits per heavy atom. The minimum Gasteiger partial charge on any atom is -0.481 e. The highest BCUT2D eigenvalue weighted by Crippen LogP contribution is 2.35. The Labute approximate surface area is 186 Å². The predicted molar refractivity (Wildman–Crippen MR) is 116 cm³/mol. The first-order chi connectivity index (χ1) is 14.4. The minimum absolute atomic E-state index is 0. The number of carbonyl (C=O) groups excluding carboxylic acids is 1. The van der Waals surface area contributed by atoms with Crippen LogP contribution in [0.3, 0.4) is 0 Å². The standard InChI is InChI=1S/C22H26FN3O4.ClH/c1-30-20-7-2-14(12-24-20)22(29)8-10-26(11-9-22)13-18(27)16-3-5-17-15(21(16)23)4-6-19(28)25-17;/h2-3,5,7,12,18,27,29H,4,6,8-11,13H2,1H3,(H,25,28);1H. The van der Waals surface area contributed by atoms with E-state index >= 15 is 0 Å². The topological polar surface area (TPSA) is 94.9 Å². The van der Waals surface area contributed by atoms with Gasteiger partial charge in [-0.15, -0.1) is 12.4 Å². The third-order valence-corrected chi connectivity index (χ3v) is 6.11. The molecule has 1 saturated heterocycles. The van der Waals surface area contributed by atoms with E-state index in [4.69, 9.17) is 4.74 Å². The molecule has 0 saturated carbocycles. The summed E-state index contributed by atoms with van der Waals surface area (Å²) in [6.45, 7) is 1.42. The fourth-order valence-corrected chi connectivity index (χ4v) is 4.22. The number of benzene rings is 1. The van der Waals surface area contributed by atoms with Gasteiger partial charge in [-0.25, -0.2) is 9.37 Å². The normalized spacial score (nSPS) is 19.0. The number of amides is 1. The predicted octanol–water partition coefficient (Wildman–Crippen LogP) is 2.55. The number of aliphatic hydroxyl groups is 2. The molecule has 7 nitrogen and oxygen atoms in total. The van der Waals surface area contributed by atoms with Crippen molar-refractivity contribution in [2.45, 2.75) is 37.4 Å². The van der Waals surface area contributed by atoms with E-state index in [0.29, 0.717) is 49.5 Å². The number of halogens is 2. The number of hydrogen-bond acceptors (Lipinski definition) is 6. The average Bonchev–Trinajstić information content (AvgIpc) is 2.75. The molecule has 1 aromatic carbocycles. The first-order valence-electron chi connectivity index (χ1n) is 10.1. The number of anilines is 1. The van der Waals surface area contributed by atoms with Crippen LogP contribution in [0.25, 0.3) is 0 Å². The maximum absolute atomic E-state index is 14.9. The van der Waals surface area contributed by atoms with Gasteiger partial charge in [0, 0.05) is 60.7 Å². The van der Waals surface area contributed by atoms with Crippen LogP contribution in [0.5, 0.6) is 5.88 Å². The van der Waals surface area contributed by atoms with Crippen LogP contribution in [0.2, 0.25) is 0 Å². The summed E-state index contributed by atoms with van der Waals surface area (Å²) in [5, 5.41) is 24.3. The number of aliphatic hydroxyl groups excluding tert-OH is 1. The molecule has 1 fully saturated rings. The molecule has 2 aliphatic rings. The third kappa shape index (κ3) is 4.82. The zero-order chi connectivity index (χ0) is 21.3. The Morgan fingerprint density at radius 2 is 2.00 bits per heavy atom. The van der Waals surface area contributed by atoms with Crippen LogP contribution in [0, 0.1) is 5.82 Å². The number of aromatic nitrogens is 1. The van der Waals surface area contributed by atoms with Crippen molar-refractivity contribution in [3.8, 4) is 5.88 Å². The first kappa shape index (κ1) is 23.4. The van der Waals surface area contributed by atoms with Gasteiger partial charge in [0.25, 0.3) is 0 Å².